The summed E-state index contributed by atoms with van der Waals surface area (Å²) in [7, 11) is 3.40. The fourth-order valence-electron chi connectivity index (χ4n) is 0.858. The molecular formula is C9H13N5. The smallest absolute Gasteiger partial charge is 0.144 e. The van der Waals surface area contributed by atoms with Gasteiger partial charge in [0.2, 0.25) is 0 Å². The molecule has 0 radical (unpaired) electrons. The zero-order valence-electron chi connectivity index (χ0n) is 8.23. The zero-order chi connectivity index (χ0) is 10.4. The first kappa shape index (κ1) is 10.2. The predicted octanol–water partition coefficient (Wildman–Crippen LogP) is 1.28. The second-order valence-electron chi connectivity index (χ2n) is 2.68. The number of aromatic amines is 1. The van der Waals surface area contributed by atoms with Crippen LogP contribution in [0, 0.1) is 5.41 Å². The number of rotatable bonds is 3. The molecule has 0 saturated carbocycles. The van der Waals surface area contributed by atoms with E-state index in [9.17, 15) is 0 Å². The van der Waals surface area contributed by atoms with E-state index in [1.165, 1.54) is 6.21 Å². The van der Waals surface area contributed by atoms with Crippen molar-refractivity contribution in [3.63, 3.8) is 0 Å². The first-order valence-corrected chi connectivity index (χ1v) is 4.15. The van der Waals surface area contributed by atoms with Gasteiger partial charge in [-0.15, -0.1) is 0 Å². The van der Waals surface area contributed by atoms with Crippen molar-refractivity contribution in [3.05, 3.63) is 18.3 Å². The van der Waals surface area contributed by atoms with Gasteiger partial charge in [0.1, 0.15) is 11.7 Å². The van der Waals surface area contributed by atoms with Crippen LogP contribution in [-0.2, 0) is 0 Å². The number of amidine groups is 1. The molecule has 0 saturated heterocycles. The van der Waals surface area contributed by atoms with Crippen molar-refractivity contribution in [2.45, 2.75) is 0 Å². The third kappa shape index (κ3) is 2.85. The lowest BCUT2D eigenvalue weighted by Crippen LogP contribution is -2.25. The first-order valence-electron chi connectivity index (χ1n) is 4.15. The third-order valence-electron chi connectivity index (χ3n) is 1.58. The van der Waals surface area contributed by atoms with E-state index >= 15 is 0 Å². The monoisotopic (exact) mass is 191 g/mol. The zero-order valence-corrected chi connectivity index (χ0v) is 8.23. The Morgan fingerprint density at radius 1 is 1.64 bits per heavy atom. The Balaban J connectivity index is 2.56. The molecule has 5 heteroatoms. The summed E-state index contributed by atoms with van der Waals surface area (Å²) in [6, 6.07) is 3.69. The average Bonchev–Trinajstić information content (AvgIpc) is 2.67. The molecule has 14 heavy (non-hydrogen) atoms. The summed E-state index contributed by atoms with van der Waals surface area (Å²) in [5.74, 6) is 1.02. The highest BCUT2D eigenvalue weighted by molar-refractivity contribution is 6.30. The lowest BCUT2D eigenvalue weighted by molar-refractivity contribution is 0.780. The second kappa shape index (κ2) is 4.96. The largest absolute Gasteiger partial charge is 0.347 e. The molecule has 1 rings (SSSR count). The van der Waals surface area contributed by atoms with Crippen LogP contribution in [0.15, 0.2) is 28.3 Å². The Morgan fingerprint density at radius 2 is 2.43 bits per heavy atom. The van der Waals surface area contributed by atoms with Gasteiger partial charge in [-0.3, -0.25) is 10.4 Å². The number of hydrogen-bond acceptors (Lipinski definition) is 3. The number of nitrogens with zero attached hydrogens (tertiary/aromatic N) is 3. The van der Waals surface area contributed by atoms with Gasteiger partial charge in [0, 0.05) is 20.3 Å². The molecule has 0 spiro atoms. The van der Waals surface area contributed by atoms with E-state index in [-0.39, 0.29) is 5.84 Å². The minimum Gasteiger partial charge on any atom is -0.347 e. The van der Waals surface area contributed by atoms with Crippen molar-refractivity contribution in [2.75, 3.05) is 14.1 Å². The maximum absolute atomic E-state index is 7.57. The van der Waals surface area contributed by atoms with E-state index in [0.29, 0.717) is 0 Å². The second-order valence-corrected chi connectivity index (χ2v) is 2.68. The van der Waals surface area contributed by atoms with Gasteiger partial charge in [0.25, 0.3) is 0 Å². The standard InChI is InChI=1S/C9H13N5/c1-11-7-14(2)8(10)6-13-9-4-3-5-12-9/h3-7,10,12H,1-2H3. The summed E-state index contributed by atoms with van der Waals surface area (Å²) >= 11 is 0. The van der Waals surface area contributed by atoms with Crippen LogP contribution in [-0.4, -0.2) is 42.4 Å². The molecule has 1 heterocycles. The minimum atomic E-state index is 0.283. The first-order chi connectivity index (χ1) is 6.74. The highest BCUT2D eigenvalue weighted by Crippen LogP contribution is 2.04. The number of H-pyrrole nitrogens is 1. The van der Waals surface area contributed by atoms with Crippen LogP contribution >= 0.6 is 0 Å². The van der Waals surface area contributed by atoms with Gasteiger partial charge in [0.15, 0.2) is 0 Å². The number of aromatic nitrogens is 1. The Bertz CT molecular complexity index is 336. The SMILES string of the molecule is CN=CN(C)C(=N)C=Nc1ccc[nH]1. The summed E-state index contributed by atoms with van der Waals surface area (Å²) in [5.41, 5.74) is 0. The van der Waals surface area contributed by atoms with E-state index in [2.05, 4.69) is 15.0 Å². The molecule has 0 aliphatic heterocycles. The van der Waals surface area contributed by atoms with Crippen molar-refractivity contribution in [1.82, 2.24) is 9.88 Å². The Hall–Kier alpha value is -1.91. The molecule has 0 aliphatic carbocycles. The summed E-state index contributed by atoms with van der Waals surface area (Å²) in [6.07, 6.45) is 4.81. The lowest BCUT2D eigenvalue weighted by Gasteiger charge is -2.08. The van der Waals surface area contributed by atoms with Crippen LogP contribution in [0.2, 0.25) is 0 Å². The Morgan fingerprint density at radius 3 is 3.00 bits per heavy atom. The van der Waals surface area contributed by atoms with Crippen molar-refractivity contribution < 1.29 is 0 Å². The van der Waals surface area contributed by atoms with Gasteiger partial charge in [-0.2, -0.15) is 0 Å². The summed E-state index contributed by atoms with van der Waals surface area (Å²) in [6.45, 7) is 0. The molecule has 2 N–H and O–H groups in total. The topological polar surface area (TPSA) is 67.6 Å². The third-order valence-corrected chi connectivity index (χ3v) is 1.58. The normalized spacial score (nSPS) is 11.3. The maximum Gasteiger partial charge on any atom is 0.144 e. The molecule has 1 aromatic heterocycles. The Kier molecular flexibility index (Phi) is 3.60. The summed E-state index contributed by atoms with van der Waals surface area (Å²) in [4.78, 5) is 12.3. The van der Waals surface area contributed by atoms with E-state index in [0.717, 1.165) is 5.82 Å². The quantitative estimate of drug-likeness (QED) is 0.548. The highest BCUT2D eigenvalue weighted by atomic mass is 15.2. The van der Waals surface area contributed by atoms with Gasteiger partial charge < -0.3 is 9.88 Å². The summed E-state index contributed by atoms with van der Waals surface area (Å²) < 4.78 is 0. The van der Waals surface area contributed by atoms with Crippen LogP contribution in [0.3, 0.4) is 0 Å². The molecule has 0 aromatic carbocycles. The minimum absolute atomic E-state index is 0.283. The van der Waals surface area contributed by atoms with Crippen LogP contribution < -0.4 is 0 Å². The molecule has 0 atom stereocenters. The fraction of sp³-hybridized carbons (Fsp3) is 0.222. The molecule has 0 fully saturated rings. The van der Waals surface area contributed by atoms with Gasteiger partial charge in [-0.1, -0.05) is 0 Å². The maximum atomic E-state index is 7.57. The van der Waals surface area contributed by atoms with Gasteiger partial charge >= 0.3 is 0 Å². The number of nitrogens with one attached hydrogen (secondary N) is 2. The van der Waals surface area contributed by atoms with Gasteiger partial charge in [0.05, 0.1) is 12.6 Å². The number of hydrogen-bond donors (Lipinski definition) is 2. The van der Waals surface area contributed by atoms with Crippen LogP contribution in [0.1, 0.15) is 0 Å². The molecule has 0 aliphatic rings. The molecule has 0 bridgehead atoms. The predicted molar refractivity (Wildman–Crippen MR) is 58.9 cm³/mol. The molecule has 1 aromatic rings. The van der Waals surface area contributed by atoms with Gasteiger partial charge in [-0.25, -0.2) is 4.99 Å². The molecule has 74 valence electrons. The van der Waals surface area contributed by atoms with Gasteiger partial charge in [-0.05, 0) is 12.1 Å². The number of aliphatic imine (C=N–C) groups is 2. The molecule has 0 unspecified atom stereocenters. The van der Waals surface area contributed by atoms with Crippen molar-refractivity contribution in [2.24, 2.45) is 9.98 Å². The van der Waals surface area contributed by atoms with Crippen LogP contribution in [0.5, 0.6) is 0 Å². The fourth-order valence-corrected chi connectivity index (χ4v) is 0.858. The highest BCUT2D eigenvalue weighted by Gasteiger charge is 1.96. The van der Waals surface area contributed by atoms with E-state index in [4.69, 9.17) is 5.41 Å². The van der Waals surface area contributed by atoms with Crippen molar-refractivity contribution >= 4 is 24.2 Å². The molecule has 0 amide bonds. The van der Waals surface area contributed by atoms with E-state index < -0.39 is 0 Å². The average molecular weight is 191 g/mol. The molecular weight excluding hydrogens is 178 g/mol. The van der Waals surface area contributed by atoms with E-state index in [1.807, 2.05) is 12.1 Å². The van der Waals surface area contributed by atoms with Crippen LogP contribution in [0.25, 0.3) is 0 Å². The summed E-state index contributed by atoms with van der Waals surface area (Å²) in [5, 5.41) is 7.57. The van der Waals surface area contributed by atoms with Crippen LogP contribution in [0.4, 0.5) is 5.82 Å². The van der Waals surface area contributed by atoms with Crippen molar-refractivity contribution in [1.29, 1.82) is 5.41 Å². The Labute approximate surface area is 82.7 Å². The lowest BCUT2D eigenvalue weighted by atomic mass is 10.5. The molecule has 5 nitrogen and oxygen atoms in total. The van der Waals surface area contributed by atoms with Crippen molar-refractivity contribution in [3.8, 4) is 0 Å². The van der Waals surface area contributed by atoms with E-state index in [1.54, 1.807) is 31.5 Å².